The van der Waals surface area contributed by atoms with Gasteiger partial charge in [-0.25, -0.2) is 0 Å². The summed E-state index contributed by atoms with van der Waals surface area (Å²) in [5, 5.41) is 7.30. The molecule has 0 spiro atoms. The minimum atomic E-state index is -0.0228. The van der Waals surface area contributed by atoms with Gasteiger partial charge in [0.15, 0.2) is 5.11 Å². The van der Waals surface area contributed by atoms with Gasteiger partial charge in [-0.2, -0.15) is 0 Å². The molecule has 3 nitrogen and oxygen atoms in total. The molecule has 0 fully saturated rings. The second-order valence-corrected chi connectivity index (χ2v) is 7.45. The third-order valence-electron chi connectivity index (χ3n) is 4.30. The number of hydrogen-bond donors (Lipinski definition) is 2. The van der Waals surface area contributed by atoms with Gasteiger partial charge in [0.05, 0.1) is 12.1 Å². The molecule has 4 heteroatoms. The lowest BCUT2D eigenvalue weighted by Gasteiger charge is -2.22. The molecule has 0 aliphatic rings. The van der Waals surface area contributed by atoms with Gasteiger partial charge in [-0.15, -0.1) is 0 Å². The molecule has 0 aliphatic carbocycles. The van der Waals surface area contributed by atoms with Crippen LogP contribution in [0.15, 0.2) is 78.9 Å². The van der Waals surface area contributed by atoms with E-state index in [2.05, 4.69) is 54.0 Å². The first-order valence-electron chi connectivity index (χ1n) is 9.47. The van der Waals surface area contributed by atoms with Crippen LogP contribution in [0.2, 0.25) is 0 Å². The lowest BCUT2D eigenvalue weighted by Crippen LogP contribution is -2.33. The van der Waals surface area contributed by atoms with Crippen LogP contribution in [0, 0.1) is 6.92 Å². The lowest BCUT2D eigenvalue weighted by molar-refractivity contribution is 0.242. The normalized spacial score (nSPS) is 11.7. The van der Waals surface area contributed by atoms with Gasteiger partial charge in [0.25, 0.3) is 0 Å². The van der Waals surface area contributed by atoms with E-state index < -0.39 is 0 Å². The SMILES string of the molecule is Cc1ccc([C@H](NC(=S)Nc2ccc(OC(C)C)cc2)c2ccccc2)cc1. The summed E-state index contributed by atoms with van der Waals surface area (Å²) in [7, 11) is 0. The van der Waals surface area contributed by atoms with Crippen molar-refractivity contribution >= 4 is 23.0 Å². The van der Waals surface area contributed by atoms with Crippen LogP contribution in [0.3, 0.4) is 0 Å². The number of benzene rings is 3. The van der Waals surface area contributed by atoms with Gasteiger partial charge in [0.1, 0.15) is 5.75 Å². The molecule has 0 radical (unpaired) electrons. The number of anilines is 1. The van der Waals surface area contributed by atoms with Gasteiger partial charge in [-0.1, -0.05) is 60.2 Å². The highest BCUT2D eigenvalue weighted by Gasteiger charge is 2.15. The molecular weight excluding hydrogens is 364 g/mol. The van der Waals surface area contributed by atoms with E-state index in [4.69, 9.17) is 17.0 Å². The largest absolute Gasteiger partial charge is 0.491 e. The van der Waals surface area contributed by atoms with Gasteiger partial charge < -0.3 is 15.4 Å². The van der Waals surface area contributed by atoms with Crippen molar-refractivity contribution in [2.24, 2.45) is 0 Å². The highest BCUT2D eigenvalue weighted by molar-refractivity contribution is 7.80. The Bertz CT molecular complexity index is 890. The first-order valence-corrected chi connectivity index (χ1v) is 9.88. The molecule has 144 valence electrons. The second kappa shape index (κ2) is 9.38. The summed E-state index contributed by atoms with van der Waals surface area (Å²) in [5.74, 6) is 0.848. The summed E-state index contributed by atoms with van der Waals surface area (Å²) in [4.78, 5) is 0. The fraction of sp³-hybridized carbons (Fsp3) is 0.208. The number of ether oxygens (including phenoxy) is 1. The van der Waals surface area contributed by atoms with E-state index in [-0.39, 0.29) is 12.1 Å². The molecular formula is C24H26N2OS. The highest BCUT2D eigenvalue weighted by Crippen LogP contribution is 2.23. The van der Waals surface area contributed by atoms with E-state index in [0.717, 1.165) is 17.0 Å². The molecule has 0 bridgehead atoms. The third kappa shape index (κ3) is 5.57. The van der Waals surface area contributed by atoms with E-state index in [1.807, 2.05) is 56.3 Å². The average Bonchev–Trinajstić information content (AvgIpc) is 2.69. The first kappa shape index (κ1) is 19.9. The average molecular weight is 391 g/mol. The second-order valence-electron chi connectivity index (χ2n) is 7.04. The van der Waals surface area contributed by atoms with E-state index in [9.17, 15) is 0 Å². The maximum atomic E-state index is 5.69. The van der Waals surface area contributed by atoms with E-state index in [0.29, 0.717) is 5.11 Å². The smallest absolute Gasteiger partial charge is 0.171 e. The molecule has 3 aromatic carbocycles. The molecule has 28 heavy (non-hydrogen) atoms. The zero-order valence-electron chi connectivity index (χ0n) is 16.5. The Balaban J connectivity index is 1.73. The molecule has 0 aliphatic heterocycles. The maximum absolute atomic E-state index is 5.69. The predicted octanol–water partition coefficient (Wildman–Crippen LogP) is 5.86. The Hall–Kier alpha value is -2.85. The van der Waals surface area contributed by atoms with Crippen LogP contribution in [0.25, 0.3) is 0 Å². The zero-order valence-corrected chi connectivity index (χ0v) is 17.3. The van der Waals surface area contributed by atoms with E-state index >= 15 is 0 Å². The Morgan fingerprint density at radius 3 is 2.04 bits per heavy atom. The quantitative estimate of drug-likeness (QED) is 0.517. The minimum absolute atomic E-state index is 0.0228. The molecule has 3 aromatic rings. The molecule has 1 atom stereocenters. The zero-order chi connectivity index (χ0) is 19.9. The van der Waals surface area contributed by atoms with Gasteiger partial charge >= 0.3 is 0 Å². The van der Waals surface area contributed by atoms with Crippen molar-refractivity contribution < 1.29 is 4.74 Å². The number of nitrogens with one attached hydrogen (secondary N) is 2. The molecule has 3 rings (SSSR count). The van der Waals surface area contributed by atoms with Crippen molar-refractivity contribution in [1.82, 2.24) is 5.32 Å². The molecule has 0 amide bonds. The standard InChI is InChI=1S/C24H26N2OS/c1-17(2)27-22-15-13-21(14-16-22)25-24(28)26-23(19-7-5-4-6-8-19)20-11-9-18(3)10-12-20/h4-17,23H,1-3H3,(H2,25,26,28)/t23-/m1/s1. The summed E-state index contributed by atoms with van der Waals surface area (Å²) in [5.41, 5.74) is 4.49. The van der Waals surface area contributed by atoms with Gasteiger partial charge in [-0.3, -0.25) is 0 Å². The van der Waals surface area contributed by atoms with Crippen LogP contribution in [0.4, 0.5) is 5.69 Å². The van der Waals surface area contributed by atoms with Crippen LogP contribution in [-0.2, 0) is 0 Å². The summed E-state index contributed by atoms with van der Waals surface area (Å²) >= 11 is 5.59. The Morgan fingerprint density at radius 1 is 0.821 bits per heavy atom. The van der Waals surface area contributed by atoms with E-state index in [1.165, 1.54) is 11.1 Å². The van der Waals surface area contributed by atoms with E-state index in [1.54, 1.807) is 0 Å². The van der Waals surface area contributed by atoms with Crippen LogP contribution >= 0.6 is 12.2 Å². The summed E-state index contributed by atoms with van der Waals surface area (Å²) in [6, 6.07) is 26.6. The van der Waals surface area contributed by atoms with Gasteiger partial charge in [0, 0.05) is 5.69 Å². The Kier molecular flexibility index (Phi) is 6.66. The predicted molar refractivity (Wildman–Crippen MR) is 121 cm³/mol. The highest BCUT2D eigenvalue weighted by atomic mass is 32.1. The summed E-state index contributed by atoms with van der Waals surface area (Å²) in [6.07, 6.45) is 0.155. The molecule has 0 aromatic heterocycles. The number of thiocarbonyl (C=S) groups is 1. The fourth-order valence-corrected chi connectivity index (χ4v) is 3.19. The van der Waals surface area contributed by atoms with Crippen LogP contribution < -0.4 is 15.4 Å². The fourth-order valence-electron chi connectivity index (χ4n) is 2.95. The Labute approximate surface area is 172 Å². The summed E-state index contributed by atoms with van der Waals surface area (Å²) < 4.78 is 5.69. The number of rotatable bonds is 6. The number of aryl methyl sites for hydroxylation is 1. The van der Waals surface area contributed by atoms with Crippen molar-refractivity contribution in [3.05, 3.63) is 95.6 Å². The maximum Gasteiger partial charge on any atom is 0.171 e. The topological polar surface area (TPSA) is 33.3 Å². The molecule has 2 N–H and O–H groups in total. The molecule has 0 saturated heterocycles. The lowest BCUT2D eigenvalue weighted by atomic mass is 9.98. The van der Waals surface area contributed by atoms with Gasteiger partial charge in [-0.05, 0) is 68.4 Å². The molecule has 0 heterocycles. The van der Waals surface area contributed by atoms with Crippen molar-refractivity contribution in [3.63, 3.8) is 0 Å². The van der Waals surface area contributed by atoms with Crippen molar-refractivity contribution in [3.8, 4) is 5.75 Å². The molecule has 0 saturated carbocycles. The van der Waals surface area contributed by atoms with Crippen LogP contribution in [-0.4, -0.2) is 11.2 Å². The van der Waals surface area contributed by atoms with Crippen molar-refractivity contribution in [2.75, 3.05) is 5.32 Å². The van der Waals surface area contributed by atoms with Crippen LogP contribution in [0.1, 0.15) is 36.6 Å². The monoisotopic (exact) mass is 390 g/mol. The van der Waals surface area contributed by atoms with Crippen LogP contribution in [0.5, 0.6) is 5.75 Å². The van der Waals surface area contributed by atoms with Crippen molar-refractivity contribution in [2.45, 2.75) is 32.9 Å². The molecule has 0 unspecified atom stereocenters. The number of hydrogen-bond acceptors (Lipinski definition) is 2. The first-order chi connectivity index (χ1) is 13.5. The van der Waals surface area contributed by atoms with Gasteiger partial charge in [0.2, 0.25) is 0 Å². The van der Waals surface area contributed by atoms with Crippen molar-refractivity contribution in [1.29, 1.82) is 0 Å². The minimum Gasteiger partial charge on any atom is -0.491 e. The Morgan fingerprint density at radius 2 is 1.43 bits per heavy atom. The third-order valence-corrected chi connectivity index (χ3v) is 4.52. The summed E-state index contributed by atoms with van der Waals surface area (Å²) in [6.45, 7) is 6.12.